The Balaban J connectivity index is 1.73. The van der Waals surface area contributed by atoms with Gasteiger partial charge in [-0.25, -0.2) is 0 Å². The lowest BCUT2D eigenvalue weighted by molar-refractivity contribution is 0.0588. The third kappa shape index (κ3) is 5.30. The monoisotopic (exact) mass is 521 g/mol. The number of ether oxygens (including phenoxy) is 6. The van der Waals surface area contributed by atoms with Gasteiger partial charge in [0.25, 0.3) is 5.91 Å². The molecule has 0 bridgehead atoms. The van der Waals surface area contributed by atoms with Crippen LogP contribution in [0.25, 0.3) is 0 Å². The van der Waals surface area contributed by atoms with Crippen LogP contribution in [0.15, 0.2) is 48.5 Å². The first-order valence-corrected chi connectivity index (χ1v) is 12.5. The zero-order chi connectivity index (χ0) is 27.2. The molecule has 1 heterocycles. The van der Waals surface area contributed by atoms with Crippen LogP contribution in [-0.4, -0.2) is 59.5 Å². The summed E-state index contributed by atoms with van der Waals surface area (Å²) in [5.74, 6) is 3.11. The van der Waals surface area contributed by atoms with Gasteiger partial charge in [-0.3, -0.25) is 4.79 Å². The summed E-state index contributed by atoms with van der Waals surface area (Å²) in [7, 11) is 7.82. The fourth-order valence-corrected chi connectivity index (χ4v) is 4.82. The average Bonchev–Trinajstić information content (AvgIpc) is 2.97. The van der Waals surface area contributed by atoms with Crippen LogP contribution in [0.1, 0.15) is 40.0 Å². The maximum atomic E-state index is 14.0. The molecule has 1 aliphatic rings. The van der Waals surface area contributed by atoms with Gasteiger partial charge in [0.15, 0.2) is 23.0 Å². The Labute approximate surface area is 224 Å². The van der Waals surface area contributed by atoms with Gasteiger partial charge >= 0.3 is 0 Å². The quantitative estimate of drug-likeness (QED) is 0.367. The van der Waals surface area contributed by atoms with E-state index in [1.165, 1.54) is 26.9 Å². The summed E-state index contributed by atoms with van der Waals surface area (Å²) in [6, 6.07) is 14.9. The summed E-state index contributed by atoms with van der Waals surface area (Å²) in [4.78, 5) is 15.8. The molecular formula is C30H35NO7. The van der Waals surface area contributed by atoms with Crippen molar-refractivity contribution in [3.8, 4) is 34.5 Å². The van der Waals surface area contributed by atoms with Gasteiger partial charge < -0.3 is 33.3 Å². The average molecular weight is 522 g/mol. The molecule has 0 saturated carbocycles. The summed E-state index contributed by atoms with van der Waals surface area (Å²) in [5.41, 5.74) is 3.71. The van der Waals surface area contributed by atoms with E-state index in [9.17, 15) is 4.79 Å². The molecule has 38 heavy (non-hydrogen) atoms. The van der Waals surface area contributed by atoms with Crippen LogP contribution in [0.3, 0.4) is 0 Å². The van der Waals surface area contributed by atoms with E-state index < -0.39 is 0 Å². The summed E-state index contributed by atoms with van der Waals surface area (Å²) in [6.07, 6.45) is 1.61. The third-order valence-electron chi connectivity index (χ3n) is 6.91. The maximum Gasteiger partial charge on any atom is 0.254 e. The second-order valence-corrected chi connectivity index (χ2v) is 8.89. The van der Waals surface area contributed by atoms with Gasteiger partial charge in [-0.1, -0.05) is 19.1 Å². The highest BCUT2D eigenvalue weighted by Gasteiger charge is 2.34. The molecule has 202 valence electrons. The molecule has 3 aromatic rings. The summed E-state index contributed by atoms with van der Waals surface area (Å²) >= 11 is 0. The molecule has 1 atom stereocenters. The van der Waals surface area contributed by atoms with Crippen molar-refractivity contribution in [3.63, 3.8) is 0 Å². The molecule has 1 aliphatic heterocycles. The van der Waals surface area contributed by atoms with Gasteiger partial charge in [-0.15, -0.1) is 0 Å². The number of rotatable bonds is 10. The third-order valence-corrected chi connectivity index (χ3v) is 6.91. The molecule has 3 aromatic carbocycles. The molecule has 0 aromatic heterocycles. The molecule has 0 radical (unpaired) electrons. The Bertz CT molecular complexity index is 1250. The highest BCUT2D eigenvalue weighted by Crippen LogP contribution is 2.41. The van der Waals surface area contributed by atoms with Gasteiger partial charge in [0, 0.05) is 12.1 Å². The standard InChI is InChI=1S/C30H35NO7/c1-7-19-8-10-22(11-9-19)38-18-24-23-17-26(34-3)25(33-2)14-20(23)12-13-31(24)30(32)21-15-27(35-4)29(37-6)28(16-21)36-5/h8-11,14-17,24H,7,12-13,18H2,1-6H3/t24-/m1/s1. The van der Waals surface area contributed by atoms with E-state index in [0.29, 0.717) is 47.3 Å². The summed E-state index contributed by atoms with van der Waals surface area (Å²) < 4.78 is 33.8. The fourth-order valence-electron chi connectivity index (χ4n) is 4.82. The first kappa shape index (κ1) is 27.0. The Hall–Kier alpha value is -4.07. The van der Waals surface area contributed by atoms with Crippen molar-refractivity contribution in [1.82, 2.24) is 4.90 Å². The molecular weight excluding hydrogens is 486 g/mol. The van der Waals surface area contributed by atoms with Crippen LogP contribution < -0.4 is 28.4 Å². The second-order valence-electron chi connectivity index (χ2n) is 8.89. The lowest BCUT2D eigenvalue weighted by Gasteiger charge is -2.37. The predicted molar refractivity (Wildman–Crippen MR) is 144 cm³/mol. The largest absolute Gasteiger partial charge is 0.493 e. The molecule has 8 nitrogen and oxygen atoms in total. The van der Waals surface area contributed by atoms with Crippen molar-refractivity contribution in [2.75, 3.05) is 48.7 Å². The van der Waals surface area contributed by atoms with E-state index in [2.05, 4.69) is 19.1 Å². The van der Waals surface area contributed by atoms with E-state index in [-0.39, 0.29) is 18.6 Å². The minimum atomic E-state index is -0.365. The summed E-state index contributed by atoms with van der Waals surface area (Å²) in [5, 5.41) is 0. The van der Waals surface area contributed by atoms with Crippen LogP contribution in [0.4, 0.5) is 0 Å². The lowest BCUT2D eigenvalue weighted by atomic mass is 9.91. The molecule has 0 N–H and O–H groups in total. The van der Waals surface area contributed by atoms with E-state index >= 15 is 0 Å². The van der Waals surface area contributed by atoms with E-state index in [0.717, 1.165) is 23.3 Å². The van der Waals surface area contributed by atoms with Crippen molar-refractivity contribution in [2.24, 2.45) is 0 Å². The SMILES string of the molecule is CCc1ccc(OC[C@@H]2c3cc(OC)c(OC)cc3CCN2C(=O)c2cc(OC)c(OC)c(OC)c2)cc1. The number of hydrogen-bond acceptors (Lipinski definition) is 7. The zero-order valence-electron chi connectivity index (χ0n) is 22.8. The number of amides is 1. The first-order chi connectivity index (χ1) is 18.5. The zero-order valence-corrected chi connectivity index (χ0v) is 22.8. The molecule has 0 fully saturated rings. The van der Waals surface area contributed by atoms with E-state index in [1.807, 2.05) is 29.2 Å². The minimum absolute atomic E-state index is 0.167. The highest BCUT2D eigenvalue weighted by atomic mass is 16.5. The number of benzene rings is 3. The molecule has 0 spiro atoms. The van der Waals surface area contributed by atoms with Gasteiger partial charge in [0.05, 0.1) is 41.6 Å². The molecule has 0 unspecified atom stereocenters. The number of hydrogen-bond donors (Lipinski definition) is 0. The number of carbonyl (C=O) groups is 1. The number of aryl methyl sites for hydroxylation is 1. The van der Waals surface area contributed by atoms with Crippen molar-refractivity contribution in [2.45, 2.75) is 25.8 Å². The van der Waals surface area contributed by atoms with Gasteiger partial charge in [0.2, 0.25) is 5.75 Å². The normalized spacial score (nSPS) is 14.4. The van der Waals surface area contributed by atoms with Crippen LogP contribution >= 0.6 is 0 Å². The number of fused-ring (bicyclic) bond motifs is 1. The molecule has 8 heteroatoms. The van der Waals surface area contributed by atoms with Crippen molar-refractivity contribution in [1.29, 1.82) is 0 Å². The number of carbonyl (C=O) groups excluding carboxylic acids is 1. The van der Waals surface area contributed by atoms with Crippen LogP contribution in [0, 0.1) is 0 Å². The Morgan fingerprint density at radius 3 is 1.97 bits per heavy atom. The molecule has 0 saturated heterocycles. The van der Waals surface area contributed by atoms with Crippen molar-refractivity contribution in [3.05, 3.63) is 70.8 Å². The van der Waals surface area contributed by atoms with Crippen LogP contribution in [-0.2, 0) is 12.8 Å². The molecule has 1 amide bonds. The lowest BCUT2D eigenvalue weighted by Crippen LogP contribution is -2.42. The van der Waals surface area contributed by atoms with E-state index in [4.69, 9.17) is 28.4 Å². The number of nitrogens with zero attached hydrogens (tertiary/aromatic N) is 1. The second kappa shape index (κ2) is 12.0. The Morgan fingerprint density at radius 2 is 1.42 bits per heavy atom. The smallest absolute Gasteiger partial charge is 0.254 e. The topological polar surface area (TPSA) is 75.7 Å². The van der Waals surface area contributed by atoms with Crippen molar-refractivity contribution < 1.29 is 33.2 Å². The molecule has 0 aliphatic carbocycles. The fraction of sp³-hybridized carbons (Fsp3) is 0.367. The first-order valence-electron chi connectivity index (χ1n) is 12.5. The van der Waals surface area contributed by atoms with Gasteiger partial charge in [-0.2, -0.15) is 0 Å². The molecule has 4 rings (SSSR count). The predicted octanol–water partition coefficient (Wildman–Crippen LogP) is 5.11. The summed E-state index contributed by atoms with van der Waals surface area (Å²) in [6.45, 7) is 2.88. The van der Waals surface area contributed by atoms with Crippen molar-refractivity contribution >= 4 is 5.91 Å². The van der Waals surface area contributed by atoms with Crippen LogP contribution in [0.5, 0.6) is 34.5 Å². The number of methoxy groups -OCH3 is 5. The van der Waals surface area contributed by atoms with Crippen LogP contribution in [0.2, 0.25) is 0 Å². The maximum absolute atomic E-state index is 14.0. The van der Waals surface area contributed by atoms with Gasteiger partial charge in [0.1, 0.15) is 12.4 Å². The highest BCUT2D eigenvalue weighted by molar-refractivity contribution is 5.96. The van der Waals surface area contributed by atoms with Gasteiger partial charge in [-0.05, 0) is 65.9 Å². The minimum Gasteiger partial charge on any atom is -0.493 e. The van der Waals surface area contributed by atoms with E-state index in [1.54, 1.807) is 26.4 Å². The Kier molecular flexibility index (Phi) is 8.51. The Morgan fingerprint density at radius 1 is 0.816 bits per heavy atom.